The number of nitrogens with zero attached hydrogens (tertiary/aromatic N) is 2. The van der Waals surface area contributed by atoms with Crippen molar-refractivity contribution in [1.29, 1.82) is 5.26 Å². The number of ketones is 1. The third kappa shape index (κ3) is 3.23. The molecule has 28 heavy (non-hydrogen) atoms. The van der Waals surface area contributed by atoms with Gasteiger partial charge in [-0.2, -0.15) is 5.26 Å². The molecule has 0 bridgehead atoms. The molecule has 3 rings (SSSR count). The van der Waals surface area contributed by atoms with Crippen LogP contribution in [-0.2, 0) is 4.79 Å². The quantitative estimate of drug-likeness (QED) is 0.721. The Hall–Kier alpha value is -2.90. The Morgan fingerprint density at radius 2 is 2.18 bits per heavy atom. The second-order valence-corrected chi connectivity index (χ2v) is 7.42. The van der Waals surface area contributed by atoms with Gasteiger partial charge in [-0.25, -0.2) is 0 Å². The number of benzene rings is 1. The summed E-state index contributed by atoms with van der Waals surface area (Å²) < 4.78 is 11.7. The molecule has 1 aliphatic carbocycles. The van der Waals surface area contributed by atoms with Crippen molar-refractivity contribution in [3.8, 4) is 29.9 Å². The normalized spacial score (nSPS) is 19.1. The van der Waals surface area contributed by atoms with E-state index >= 15 is 0 Å². The maximum atomic E-state index is 12.8. The maximum absolute atomic E-state index is 12.8. The minimum Gasteiger partial charge on any atom is -0.493 e. The standard InChI is InChI=1S/C21H20BrN3O3/c1-4-8-28-20-14(22)9-12(10-17(20)27-3)18-13(11-23)21(24)25(2)15-6-5-7-16(26)19(15)18/h1,9-10,18H,5-8,24H2,2-3H3/t18-/m0/s1. The van der Waals surface area contributed by atoms with E-state index < -0.39 is 5.92 Å². The van der Waals surface area contributed by atoms with E-state index in [1.54, 1.807) is 18.0 Å². The first kappa shape index (κ1) is 19.9. The molecule has 0 aromatic heterocycles. The Kier molecular flexibility index (Phi) is 5.67. The highest BCUT2D eigenvalue weighted by Gasteiger charge is 2.39. The van der Waals surface area contributed by atoms with Gasteiger partial charge in [-0.1, -0.05) is 5.92 Å². The van der Waals surface area contributed by atoms with Crippen LogP contribution in [0.25, 0.3) is 0 Å². The van der Waals surface area contributed by atoms with Crippen molar-refractivity contribution < 1.29 is 14.3 Å². The van der Waals surface area contributed by atoms with E-state index in [0.29, 0.717) is 39.4 Å². The lowest BCUT2D eigenvalue weighted by atomic mass is 9.76. The number of rotatable bonds is 4. The van der Waals surface area contributed by atoms with Crippen LogP contribution in [0, 0.1) is 23.7 Å². The number of allylic oxidation sites excluding steroid dienone is 3. The summed E-state index contributed by atoms with van der Waals surface area (Å²) in [5.74, 6) is 3.21. The third-order valence-electron chi connectivity index (χ3n) is 5.05. The summed E-state index contributed by atoms with van der Waals surface area (Å²) in [4.78, 5) is 14.6. The van der Waals surface area contributed by atoms with E-state index in [0.717, 1.165) is 24.1 Å². The number of hydrogen-bond donors (Lipinski definition) is 1. The monoisotopic (exact) mass is 441 g/mol. The second kappa shape index (κ2) is 8.00. The molecule has 0 fully saturated rings. The van der Waals surface area contributed by atoms with Crippen molar-refractivity contribution in [2.45, 2.75) is 25.2 Å². The summed E-state index contributed by atoms with van der Waals surface area (Å²) in [5.41, 5.74) is 8.85. The van der Waals surface area contributed by atoms with Crippen LogP contribution in [-0.4, -0.2) is 31.4 Å². The van der Waals surface area contributed by atoms with Crippen LogP contribution in [0.3, 0.4) is 0 Å². The van der Waals surface area contributed by atoms with Gasteiger partial charge >= 0.3 is 0 Å². The highest BCUT2D eigenvalue weighted by molar-refractivity contribution is 9.10. The fraction of sp³-hybridized carbons (Fsp3) is 0.333. The van der Waals surface area contributed by atoms with Crippen LogP contribution < -0.4 is 15.2 Å². The highest BCUT2D eigenvalue weighted by atomic mass is 79.9. The average molecular weight is 442 g/mol. The predicted octanol–water partition coefficient (Wildman–Crippen LogP) is 3.20. The first-order chi connectivity index (χ1) is 13.4. The first-order valence-corrected chi connectivity index (χ1v) is 9.57. The molecule has 0 unspecified atom stereocenters. The Morgan fingerprint density at radius 3 is 2.82 bits per heavy atom. The van der Waals surface area contributed by atoms with Crippen molar-refractivity contribution in [2.75, 3.05) is 20.8 Å². The lowest BCUT2D eigenvalue weighted by Crippen LogP contribution is -2.36. The fourth-order valence-electron chi connectivity index (χ4n) is 3.76. The summed E-state index contributed by atoms with van der Waals surface area (Å²) in [6, 6.07) is 5.79. The SMILES string of the molecule is C#CCOc1c(Br)cc([C@H]2C(C#N)=C(N)N(C)C3=C2C(=O)CCC3)cc1OC. The minimum absolute atomic E-state index is 0.0427. The lowest BCUT2D eigenvalue weighted by molar-refractivity contribution is -0.116. The van der Waals surface area contributed by atoms with Gasteiger partial charge in [-0.3, -0.25) is 4.79 Å². The Bertz CT molecular complexity index is 982. The molecule has 0 spiro atoms. The molecule has 2 aliphatic rings. The van der Waals surface area contributed by atoms with Crippen molar-refractivity contribution in [3.05, 3.63) is 44.8 Å². The van der Waals surface area contributed by atoms with Crippen molar-refractivity contribution in [1.82, 2.24) is 4.90 Å². The van der Waals surface area contributed by atoms with Gasteiger partial charge in [0.1, 0.15) is 12.4 Å². The number of hydrogen-bond acceptors (Lipinski definition) is 6. The number of Topliss-reactive ketones (excluding diaryl/α,β-unsaturated/α-hetero) is 1. The predicted molar refractivity (Wildman–Crippen MR) is 108 cm³/mol. The zero-order valence-corrected chi connectivity index (χ0v) is 17.3. The fourth-order valence-corrected chi connectivity index (χ4v) is 4.33. The van der Waals surface area contributed by atoms with E-state index in [-0.39, 0.29) is 12.4 Å². The minimum atomic E-state index is -0.545. The molecule has 1 heterocycles. The molecule has 0 amide bonds. The third-order valence-corrected chi connectivity index (χ3v) is 5.64. The van der Waals surface area contributed by atoms with E-state index in [1.165, 1.54) is 7.11 Å². The number of carbonyl (C=O) groups is 1. The molecule has 1 aromatic rings. The summed E-state index contributed by atoms with van der Waals surface area (Å²) in [5, 5.41) is 9.82. The molecule has 2 N–H and O–H groups in total. The molecular weight excluding hydrogens is 422 g/mol. The van der Waals surface area contributed by atoms with E-state index in [1.807, 2.05) is 6.07 Å². The highest BCUT2D eigenvalue weighted by Crippen LogP contribution is 2.47. The zero-order chi connectivity index (χ0) is 20.4. The van der Waals surface area contributed by atoms with E-state index in [4.69, 9.17) is 21.6 Å². The first-order valence-electron chi connectivity index (χ1n) is 8.78. The topological polar surface area (TPSA) is 88.6 Å². The second-order valence-electron chi connectivity index (χ2n) is 6.57. The summed E-state index contributed by atoms with van der Waals surface area (Å²) in [6.07, 6.45) is 7.26. The molecule has 1 atom stereocenters. The molecular formula is C21H20BrN3O3. The van der Waals surface area contributed by atoms with Crippen LogP contribution in [0.2, 0.25) is 0 Å². The zero-order valence-electron chi connectivity index (χ0n) is 15.7. The van der Waals surface area contributed by atoms with Gasteiger partial charge in [0, 0.05) is 24.7 Å². The van der Waals surface area contributed by atoms with Gasteiger partial charge in [-0.15, -0.1) is 6.42 Å². The number of terminal acetylenes is 1. The summed E-state index contributed by atoms with van der Waals surface area (Å²) >= 11 is 3.49. The van der Waals surface area contributed by atoms with Crippen LogP contribution in [0.15, 0.2) is 39.3 Å². The van der Waals surface area contributed by atoms with Gasteiger partial charge in [0.15, 0.2) is 17.3 Å². The van der Waals surface area contributed by atoms with Gasteiger partial charge in [0.25, 0.3) is 0 Å². The summed E-state index contributed by atoms with van der Waals surface area (Å²) in [7, 11) is 3.32. The molecule has 144 valence electrons. The average Bonchev–Trinajstić information content (AvgIpc) is 2.69. The van der Waals surface area contributed by atoms with Crippen LogP contribution in [0.5, 0.6) is 11.5 Å². The van der Waals surface area contributed by atoms with Crippen LogP contribution >= 0.6 is 15.9 Å². The van der Waals surface area contributed by atoms with Crippen molar-refractivity contribution >= 4 is 21.7 Å². The summed E-state index contributed by atoms with van der Waals surface area (Å²) in [6.45, 7) is 0.0899. The molecule has 0 saturated carbocycles. The molecule has 0 radical (unpaired) electrons. The van der Waals surface area contributed by atoms with Gasteiger partial charge in [0.05, 0.1) is 29.1 Å². The van der Waals surface area contributed by atoms with Gasteiger partial charge in [0.2, 0.25) is 0 Å². The number of methoxy groups -OCH3 is 1. The largest absolute Gasteiger partial charge is 0.493 e. The molecule has 0 saturated heterocycles. The Balaban J connectivity index is 2.21. The van der Waals surface area contributed by atoms with E-state index in [9.17, 15) is 10.1 Å². The smallest absolute Gasteiger partial charge is 0.176 e. The van der Waals surface area contributed by atoms with Gasteiger partial charge in [-0.05, 0) is 46.5 Å². The van der Waals surface area contributed by atoms with Crippen LogP contribution in [0.1, 0.15) is 30.7 Å². The molecule has 7 heteroatoms. The lowest BCUT2D eigenvalue weighted by Gasteiger charge is -2.37. The van der Waals surface area contributed by atoms with Gasteiger partial charge < -0.3 is 20.1 Å². The molecule has 6 nitrogen and oxygen atoms in total. The Morgan fingerprint density at radius 1 is 1.43 bits per heavy atom. The van der Waals surface area contributed by atoms with Crippen molar-refractivity contribution in [2.24, 2.45) is 5.73 Å². The Labute approximate surface area is 172 Å². The molecule has 1 aliphatic heterocycles. The van der Waals surface area contributed by atoms with E-state index in [2.05, 4.69) is 27.9 Å². The molecule has 1 aromatic carbocycles. The number of nitriles is 1. The van der Waals surface area contributed by atoms with Crippen molar-refractivity contribution in [3.63, 3.8) is 0 Å². The number of ether oxygens (including phenoxy) is 2. The number of nitrogens with two attached hydrogens (primary N) is 1. The number of carbonyl (C=O) groups excluding carboxylic acids is 1. The maximum Gasteiger partial charge on any atom is 0.176 e. The number of halogens is 1. The van der Waals surface area contributed by atoms with Crippen LogP contribution in [0.4, 0.5) is 0 Å².